The number of rotatable bonds is 6. The zero-order valence-corrected chi connectivity index (χ0v) is 11.7. The molecule has 0 aliphatic rings. The van der Waals surface area contributed by atoms with E-state index in [2.05, 4.69) is 35.7 Å². The number of thioether (sulfide) groups is 1. The van der Waals surface area contributed by atoms with Crippen LogP contribution in [0.4, 0.5) is 5.69 Å². The summed E-state index contributed by atoms with van der Waals surface area (Å²) in [5.41, 5.74) is 2.32. The van der Waals surface area contributed by atoms with Crippen molar-refractivity contribution in [3.63, 3.8) is 0 Å². The highest BCUT2D eigenvalue weighted by Crippen LogP contribution is 2.26. The smallest absolute Gasteiger partial charge is 0.0642 e. The summed E-state index contributed by atoms with van der Waals surface area (Å²) < 4.78 is 0. The van der Waals surface area contributed by atoms with E-state index in [4.69, 9.17) is 11.6 Å². The molecular formula is C12H19ClN2S. The molecule has 2 nitrogen and oxygen atoms in total. The second-order valence-electron chi connectivity index (χ2n) is 3.73. The minimum absolute atomic E-state index is 0.830. The van der Waals surface area contributed by atoms with Gasteiger partial charge in [0.05, 0.1) is 10.7 Å². The van der Waals surface area contributed by atoms with Crippen LogP contribution in [0.1, 0.15) is 5.56 Å². The van der Waals surface area contributed by atoms with Crippen molar-refractivity contribution >= 4 is 29.1 Å². The molecule has 0 amide bonds. The Labute approximate surface area is 107 Å². The SMILES string of the molecule is CNCc1ccc(N(C)CCSC)c(Cl)c1. The summed E-state index contributed by atoms with van der Waals surface area (Å²) >= 11 is 8.11. The standard InChI is InChI=1S/C12H19ClN2S/c1-14-9-10-4-5-12(11(13)8-10)15(2)6-7-16-3/h4-5,8,14H,6-7,9H2,1-3H3. The molecule has 0 heterocycles. The van der Waals surface area contributed by atoms with Crippen LogP contribution in [0.25, 0.3) is 0 Å². The molecule has 0 unspecified atom stereocenters. The van der Waals surface area contributed by atoms with Crippen molar-refractivity contribution in [2.24, 2.45) is 0 Å². The van der Waals surface area contributed by atoms with Gasteiger partial charge in [-0.3, -0.25) is 0 Å². The lowest BCUT2D eigenvalue weighted by molar-refractivity contribution is 0.817. The number of hydrogen-bond donors (Lipinski definition) is 1. The molecule has 0 saturated carbocycles. The van der Waals surface area contributed by atoms with Crippen molar-refractivity contribution in [2.45, 2.75) is 6.54 Å². The van der Waals surface area contributed by atoms with Gasteiger partial charge in [-0.2, -0.15) is 11.8 Å². The van der Waals surface area contributed by atoms with Crippen LogP contribution >= 0.6 is 23.4 Å². The van der Waals surface area contributed by atoms with Gasteiger partial charge in [0.2, 0.25) is 0 Å². The Morgan fingerprint density at radius 2 is 2.19 bits per heavy atom. The second-order valence-corrected chi connectivity index (χ2v) is 5.12. The van der Waals surface area contributed by atoms with E-state index >= 15 is 0 Å². The maximum Gasteiger partial charge on any atom is 0.0642 e. The lowest BCUT2D eigenvalue weighted by Crippen LogP contribution is -2.20. The molecule has 1 aromatic rings. The zero-order chi connectivity index (χ0) is 12.0. The van der Waals surface area contributed by atoms with Gasteiger partial charge in [0, 0.05) is 25.9 Å². The topological polar surface area (TPSA) is 15.3 Å². The summed E-state index contributed by atoms with van der Waals surface area (Å²) in [6.45, 7) is 1.88. The molecule has 1 rings (SSSR count). The van der Waals surface area contributed by atoms with Crippen LogP contribution in [-0.4, -0.2) is 32.6 Å². The monoisotopic (exact) mass is 258 g/mol. The fourth-order valence-corrected chi connectivity index (χ4v) is 2.33. The lowest BCUT2D eigenvalue weighted by Gasteiger charge is -2.20. The second kappa shape index (κ2) is 7.05. The number of nitrogens with one attached hydrogen (secondary N) is 1. The number of halogens is 1. The molecule has 1 aromatic carbocycles. The average Bonchev–Trinajstić information content (AvgIpc) is 2.26. The first-order chi connectivity index (χ1) is 7.69. The van der Waals surface area contributed by atoms with Gasteiger partial charge in [-0.1, -0.05) is 17.7 Å². The highest BCUT2D eigenvalue weighted by atomic mass is 35.5. The van der Waals surface area contributed by atoms with Gasteiger partial charge in [0.1, 0.15) is 0 Å². The van der Waals surface area contributed by atoms with Crippen LogP contribution in [0, 0.1) is 0 Å². The highest BCUT2D eigenvalue weighted by molar-refractivity contribution is 7.98. The van der Waals surface area contributed by atoms with Crippen LogP contribution in [0.3, 0.4) is 0 Å². The molecule has 0 aromatic heterocycles. The normalized spacial score (nSPS) is 10.5. The number of benzene rings is 1. The van der Waals surface area contributed by atoms with E-state index in [9.17, 15) is 0 Å². The first kappa shape index (κ1) is 13.7. The van der Waals surface area contributed by atoms with Gasteiger partial charge in [0.25, 0.3) is 0 Å². The molecule has 0 aliphatic carbocycles. The largest absolute Gasteiger partial charge is 0.373 e. The van der Waals surface area contributed by atoms with E-state index in [1.54, 1.807) is 0 Å². The van der Waals surface area contributed by atoms with E-state index in [1.807, 2.05) is 24.9 Å². The van der Waals surface area contributed by atoms with E-state index in [0.717, 1.165) is 29.6 Å². The van der Waals surface area contributed by atoms with Gasteiger partial charge < -0.3 is 10.2 Å². The van der Waals surface area contributed by atoms with E-state index in [0.29, 0.717) is 0 Å². The molecule has 0 fully saturated rings. The van der Waals surface area contributed by atoms with Crippen molar-refractivity contribution < 1.29 is 0 Å². The van der Waals surface area contributed by atoms with Crippen molar-refractivity contribution in [1.29, 1.82) is 0 Å². The van der Waals surface area contributed by atoms with Gasteiger partial charge in [-0.15, -0.1) is 0 Å². The summed E-state index contributed by atoms with van der Waals surface area (Å²) in [6, 6.07) is 6.24. The Balaban J connectivity index is 2.73. The minimum atomic E-state index is 0.830. The molecule has 16 heavy (non-hydrogen) atoms. The van der Waals surface area contributed by atoms with Gasteiger partial charge in [0.15, 0.2) is 0 Å². The van der Waals surface area contributed by atoms with Crippen LogP contribution in [-0.2, 0) is 6.54 Å². The molecule has 0 bridgehead atoms. The molecule has 90 valence electrons. The third-order valence-electron chi connectivity index (χ3n) is 2.44. The van der Waals surface area contributed by atoms with Crippen molar-refractivity contribution in [2.75, 3.05) is 37.5 Å². The van der Waals surface area contributed by atoms with Crippen LogP contribution in [0.15, 0.2) is 18.2 Å². The number of nitrogens with zero attached hydrogens (tertiary/aromatic N) is 1. The first-order valence-electron chi connectivity index (χ1n) is 5.32. The molecule has 0 saturated heterocycles. The van der Waals surface area contributed by atoms with Crippen LogP contribution < -0.4 is 10.2 Å². The fraction of sp³-hybridized carbons (Fsp3) is 0.500. The van der Waals surface area contributed by atoms with Gasteiger partial charge in [-0.25, -0.2) is 0 Å². The summed E-state index contributed by atoms with van der Waals surface area (Å²) in [5, 5.41) is 3.95. The first-order valence-corrected chi connectivity index (χ1v) is 7.09. The minimum Gasteiger partial charge on any atom is -0.373 e. The summed E-state index contributed by atoms with van der Waals surface area (Å²) in [5.74, 6) is 1.12. The molecular weight excluding hydrogens is 240 g/mol. The maximum atomic E-state index is 6.26. The van der Waals surface area contributed by atoms with Gasteiger partial charge >= 0.3 is 0 Å². The number of hydrogen-bond acceptors (Lipinski definition) is 3. The van der Waals surface area contributed by atoms with Crippen molar-refractivity contribution in [1.82, 2.24) is 5.32 Å². The van der Waals surface area contributed by atoms with E-state index in [-0.39, 0.29) is 0 Å². The molecule has 0 spiro atoms. The number of anilines is 1. The Morgan fingerprint density at radius 3 is 2.75 bits per heavy atom. The predicted octanol–water partition coefficient (Wildman–Crippen LogP) is 2.86. The van der Waals surface area contributed by atoms with Crippen molar-refractivity contribution in [3.05, 3.63) is 28.8 Å². The Morgan fingerprint density at radius 1 is 1.44 bits per heavy atom. The van der Waals surface area contributed by atoms with E-state index < -0.39 is 0 Å². The third-order valence-corrected chi connectivity index (χ3v) is 3.33. The molecule has 0 radical (unpaired) electrons. The Kier molecular flexibility index (Phi) is 6.03. The van der Waals surface area contributed by atoms with Gasteiger partial charge in [-0.05, 0) is 31.0 Å². The summed E-state index contributed by atoms with van der Waals surface area (Å²) in [6.07, 6.45) is 2.12. The van der Waals surface area contributed by atoms with Crippen LogP contribution in [0.2, 0.25) is 5.02 Å². The van der Waals surface area contributed by atoms with E-state index in [1.165, 1.54) is 5.56 Å². The fourth-order valence-electron chi connectivity index (χ4n) is 1.52. The highest BCUT2D eigenvalue weighted by Gasteiger charge is 2.06. The third kappa shape index (κ3) is 3.89. The van der Waals surface area contributed by atoms with Crippen LogP contribution in [0.5, 0.6) is 0 Å². The predicted molar refractivity (Wildman–Crippen MR) is 75.9 cm³/mol. The molecule has 4 heteroatoms. The molecule has 0 atom stereocenters. The molecule has 1 N–H and O–H groups in total. The lowest BCUT2D eigenvalue weighted by atomic mass is 10.2. The maximum absolute atomic E-state index is 6.26. The summed E-state index contributed by atoms with van der Waals surface area (Å²) in [7, 11) is 4.02. The Bertz CT molecular complexity index is 331. The Hall–Kier alpha value is -0.380. The zero-order valence-electron chi connectivity index (χ0n) is 10.1. The van der Waals surface area contributed by atoms with Crippen molar-refractivity contribution in [3.8, 4) is 0 Å². The average molecular weight is 259 g/mol. The quantitative estimate of drug-likeness (QED) is 0.845. The summed E-state index contributed by atoms with van der Waals surface area (Å²) in [4.78, 5) is 2.20. The molecule has 0 aliphatic heterocycles.